The average Bonchev–Trinajstić information content (AvgIpc) is 2.64. The second kappa shape index (κ2) is 6.72. The molecule has 0 saturated carbocycles. The highest BCUT2D eigenvalue weighted by molar-refractivity contribution is 5.46. The summed E-state index contributed by atoms with van der Waals surface area (Å²) in [4.78, 5) is 4.49. The summed E-state index contributed by atoms with van der Waals surface area (Å²) in [5, 5.41) is 12.2. The molecule has 0 spiro atoms. The SMILES string of the molecule is CC1=CC=CC(CNc2nc(C)ccc2CC#N)C=C1. The van der Waals surface area contributed by atoms with Crippen LogP contribution in [0.3, 0.4) is 0 Å². The van der Waals surface area contributed by atoms with Crippen molar-refractivity contribution in [3.63, 3.8) is 0 Å². The average molecular weight is 265 g/mol. The van der Waals surface area contributed by atoms with Gasteiger partial charge in [-0.3, -0.25) is 0 Å². The Morgan fingerprint density at radius 3 is 2.95 bits per heavy atom. The van der Waals surface area contributed by atoms with Crippen LogP contribution in [0.25, 0.3) is 0 Å². The molecule has 102 valence electrons. The molecule has 0 radical (unpaired) electrons. The maximum Gasteiger partial charge on any atom is 0.130 e. The first-order chi connectivity index (χ1) is 9.69. The number of anilines is 1. The van der Waals surface area contributed by atoms with Gasteiger partial charge in [-0.1, -0.05) is 42.0 Å². The van der Waals surface area contributed by atoms with Crippen LogP contribution in [-0.4, -0.2) is 11.5 Å². The van der Waals surface area contributed by atoms with E-state index in [0.717, 1.165) is 23.6 Å². The summed E-state index contributed by atoms with van der Waals surface area (Å²) in [7, 11) is 0. The minimum atomic E-state index is 0.334. The summed E-state index contributed by atoms with van der Waals surface area (Å²) in [5.74, 6) is 1.16. The van der Waals surface area contributed by atoms with E-state index in [9.17, 15) is 0 Å². The van der Waals surface area contributed by atoms with Crippen molar-refractivity contribution in [1.29, 1.82) is 5.26 Å². The summed E-state index contributed by atoms with van der Waals surface area (Å²) in [5.41, 5.74) is 3.16. The van der Waals surface area contributed by atoms with E-state index in [1.165, 1.54) is 5.57 Å². The van der Waals surface area contributed by atoms with Crippen LogP contribution in [0.5, 0.6) is 0 Å². The second-order valence-corrected chi connectivity index (χ2v) is 4.99. The molecule has 3 heteroatoms. The fourth-order valence-electron chi connectivity index (χ4n) is 2.06. The van der Waals surface area contributed by atoms with Crippen LogP contribution in [0.15, 0.2) is 48.1 Å². The van der Waals surface area contributed by atoms with Gasteiger partial charge in [0.05, 0.1) is 12.5 Å². The Kier molecular flexibility index (Phi) is 4.73. The minimum Gasteiger partial charge on any atom is -0.369 e. The van der Waals surface area contributed by atoms with Crippen LogP contribution in [-0.2, 0) is 6.42 Å². The number of nitrogens with zero attached hydrogens (tertiary/aromatic N) is 2. The third kappa shape index (κ3) is 3.83. The lowest BCUT2D eigenvalue weighted by Crippen LogP contribution is -2.13. The lowest BCUT2D eigenvalue weighted by atomic mass is 10.1. The lowest BCUT2D eigenvalue weighted by molar-refractivity contribution is 0.850. The number of aryl methyl sites for hydroxylation is 1. The van der Waals surface area contributed by atoms with Gasteiger partial charge in [0.2, 0.25) is 0 Å². The zero-order valence-electron chi connectivity index (χ0n) is 11.9. The molecular formula is C17H19N3. The highest BCUT2D eigenvalue weighted by atomic mass is 15.0. The number of nitriles is 1. The first kappa shape index (κ1) is 14.1. The van der Waals surface area contributed by atoms with E-state index >= 15 is 0 Å². The molecule has 0 aromatic carbocycles. The largest absolute Gasteiger partial charge is 0.369 e. The van der Waals surface area contributed by atoms with Crippen molar-refractivity contribution in [1.82, 2.24) is 4.98 Å². The van der Waals surface area contributed by atoms with Gasteiger partial charge in [-0.05, 0) is 19.9 Å². The van der Waals surface area contributed by atoms with Gasteiger partial charge in [0.25, 0.3) is 0 Å². The molecule has 2 rings (SSSR count). The summed E-state index contributed by atoms with van der Waals surface area (Å²) in [6.07, 6.45) is 11.0. The number of hydrogen-bond donors (Lipinski definition) is 1. The number of aromatic nitrogens is 1. The van der Waals surface area contributed by atoms with Gasteiger partial charge in [-0.15, -0.1) is 0 Å². The normalized spacial score (nSPS) is 17.2. The van der Waals surface area contributed by atoms with Crippen molar-refractivity contribution >= 4 is 5.82 Å². The third-order valence-corrected chi connectivity index (χ3v) is 3.22. The third-order valence-electron chi connectivity index (χ3n) is 3.22. The van der Waals surface area contributed by atoms with E-state index in [2.05, 4.69) is 53.7 Å². The number of rotatable bonds is 4. The maximum absolute atomic E-state index is 8.86. The Labute approximate surface area is 120 Å². The predicted octanol–water partition coefficient (Wildman–Crippen LogP) is 3.56. The van der Waals surface area contributed by atoms with Crippen LogP contribution in [0, 0.1) is 24.2 Å². The molecule has 3 nitrogen and oxygen atoms in total. The van der Waals surface area contributed by atoms with Crippen molar-refractivity contribution in [2.75, 3.05) is 11.9 Å². The van der Waals surface area contributed by atoms with Crippen molar-refractivity contribution in [2.24, 2.45) is 5.92 Å². The smallest absolute Gasteiger partial charge is 0.130 e. The van der Waals surface area contributed by atoms with E-state index in [0.29, 0.717) is 12.3 Å². The molecule has 0 fully saturated rings. The number of pyridine rings is 1. The van der Waals surface area contributed by atoms with Crippen LogP contribution in [0.2, 0.25) is 0 Å². The van der Waals surface area contributed by atoms with Gasteiger partial charge in [0, 0.05) is 23.7 Å². The molecular weight excluding hydrogens is 246 g/mol. The molecule has 1 N–H and O–H groups in total. The molecule has 0 amide bonds. The molecule has 1 atom stereocenters. The summed E-state index contributed by atoms with van der Waals surface area (Å²) >= 11 is 0. The van der Waals surface area contributed by atoms with Gasteiger partial charge >= 0.3 is 0 Å². The number of hydrogen-bond acceptors (Lipinski definition) is 3. The van der Waals surface area contributed by atoms with Crippen LogP contribution >= 0.6 is 0 Å². The van der Waals surface area contributed by atoms with Crippen molar-refractivity contribution in [2.45, 2.75) is 20.3 Å². The fraction of sp³-hybridized carbons (Fsp3) is 0.294. The highest BCUT2D eigenvalue weighted by Gasteiger charge is 2.07. The van der Waals surface area contributed by atoms with E-state index in [4.69, 9.17) is 5.26 Å². The lowest BCUT2D eigenvalue weighted by Gasteiger charge is -2.13. The van der Waals surface area contributed by atoms with Gasteiger partial charge in [-0.25, -0.2) is 4.98 Å². The summed E-state index contributed by atoms with van der Waals surface area (Å²) in [6.45, 7) is 4.83. The molecule has 1 aliphatic rings. The van der Waals surface area contributed by atoms with Crippen LogP contribution < -0.4 is 5.32 Å². The van der Waals surface area contributed by atoms with Gasteiger partial charge in [0.1, 0.15) is 5.82 Å². The Balaban J connectivity index is 2.06. The van der Waals surface area contributed by atoms with Crippen LogP contribution in [0.4, 0.5) is 5.82 Å². The number of allylic oxidation sites excluding steroid dienone is 4. The summed E-state index contributed by atoms with van der Waals surface area (Å²) < 4.78 is 0. The minimum absolute atomic E-state index is 0.334. The van der Waals surface area contributed by atoms with Crippen molar-refractivity contribution in [3.05, 3.63) is 59.3 Å². The molecule has 1 aromatic rings. The van der Waals surface area contributed by atoms with E-state index in [1.54, 1.807) is 0 Å². The van der Waals surface area contributed by atoms with E-state index in [1.807, 2.05) is 19.1 Å². The van der Waals surface area contributed by atoms with Crippen molar-refractivity contribution in [3.8, 4) is 6.07 Å². The Morgan fingerprint density at radius 1 is 1.30 bits per heavy atom. The van der Waals surface area contributed by atoms with Gasteiger partial charge in [-0.2, -0.15) is 5.26 Å². The predicted molar refractivity (Wildman–Crippen MR) is 82.3 cm³/mol. The highest BCUT2D eigenvalue weighted by Crippen LogP contribution is 2.16. The molecule has 20 heavy (non-hydrogen) atoms. The van der Waals surface area contributed by atoms with Gasteiger partial charge in [0.15, 0.2) is 0 Å². The van der Waals surface area contributed by atoms with Gasteiger partial charge < -0.3 is 5.32 Å². The first-order valence-electron chi connectivity index (χ1n) is 6.79. The standard InChI is InChI=1S/C17H19N3/c1-13-4-3-5-15(8-6-13)12-19-17-16(10-11-18)9-7-14(2)20-17/h3-9,15H,10,12H2,1-2H3,(H,19,20). The molecule has 0 aliphatic heterocycles. The molecule has 1 aliphatic carbocycles. The monoisotopic (exact) mass is 265 g/mol. The summed E-state index contributed by atoms with van der Waals surface area (Å²) in [6, 6.07) is 6.09. The Hall–Kier alpha value is -2.34. The van der Waals surface area contributed by atoms with E-state index < -0.39 is 0 Å². The second-order valence-electron chi connectivity index (χ2n) is 4.99. The molecule has 1 unspecified atom stereocenters. The Morgan fingerprint density at radius 2 is 2.15 bits per heavy atom. The van der Waals surface area contributed by atoms with Crippen molar-refractivity contribution < 1.29 is 0 Å². The maximum atomic E-state index is 8.86. The fourth-order valence-corrected chi connectivity index (χ4v) is 2.06. The first-order valence-corrected chi connectivity index (χ1v) is 6.79. The zero-order valence-corrected chi connectivity index (χ0v) is 11.9. The Bertz CT molecular complexity index is 603. The number of nitrogens with one attached hydrogen (secondary N) is 1. The van der Waals surface area contributed by atoms with Crippen LogP contribution in [0.1, 0.15) is 18.2 Å². The topological polar surface area (TPSA) is 48.7 Å². The van der Waals surface area contributed by atoms with E-state index in [-0.39, 0.29) is 0 Å². The molecule has 0 saturated heterocycles. The molecule has 1 heterocycles. The molecule has 1 aromatic heterocycles. The molecule has 0 bridgehead atoms. The quantitative estimate of drug-likeness (QED) is 0.905. The zero-order chi connectivity index (χ0) is 14.4.